The summed E-state index contributed by atoms with van der Waals surface area (Å²) in [6.45, 7) is 0. The van der Waals surface area contributed by atoms with Gasteiger partial charge in [-0.3, -0.25) is 11.3 Å². The normalized spacial score (nSPS) is 12.4. The van der Waals surface area contributed by atoms with Gasteiger partial charge >= 0.3 is 0 Å². The van der Waals surface area contributed by atoms with Gasteiger partial charge in [-0.2, -0.15) is 0 Å². The van der Waals surface area contributed by atoms with Crippen LogP contribution in [0.1, 0.15) is 17.2 Å². The van der Waals surface area contributed by atoms with Crippen LogP contribution in [0.2, 0.25) is 0 Å². The molecule has 0 aromatic heterocycles. The van der Waals surface area contributed by atoms with Crippen molar-refractivity contribution in [1.29, 1.82) is 0 Å². The van der Waals surface area contributed by atoms with Crippen molar-refractivity contribution in [2.24, 2.45) is 5.84 Å². The predicted octanol–water partition coefficient (Wildman–Crippen LogP) is 3.61. The largest absolute Gasteiger partial charge is 0.271 e. The zero-order valence-corrected chi connectivity index (χ0v) is 11.9. The molecule has 2 aromatic carbocycles. The summed E-state index contributed by atoms with van der Waals surface area (Å²) >= 11 is 3.02. The first-order valence-electron chi connectivity index (χ1n) is 5.86. The van der Waals surface area contributed by atoms with Crippen LogP contribution < -0.4 is 11.3 Å². The maximum Gasteiger partial charge on any atom is 0.132 e. The average Bonchev–Trinajstić information content (AvgIpc) is 2.38. The van der Waals surface area contributed by atoms with E-state index in [2.05, 4.69) is 21.4 Å². The van der Waals surface area contributed by atoms with E-state index in [1.807, 2.05) is 0 Å². The van der Waals surface area contributed by atoms with Gasteiger partial charge in [0.15, 0.2) is 0 Å². The van der Waals surface area contributed by atoms with Crippen molar-refractivity contribution in [3.63, 3.8) is 0 Å². The topological polar surface area (TPSA) is 38.0 Å². The molecule has 1 atom stereocenters. The van der Waals surface area contributed by atoms with E-state index in [1.54, 1.807) is 12.1 Å². The van der Waals surface area contributed by atoms with Crippen LogP contribution in [0.4, 0.5) is 13.2 Å². The molecule has 2 aromatic rings. The van der Waals surface area contributed by atoms with Crippen molar-refractivity contribution in [1.82, 2.24) is 5.43 Å². The van der Waals surface area contributed by atoms with Gasteiger partial charge in [-0.15, -0.1) is 0 Å². The van der Waals surface area contributed by atoms with Crippen LogP contribution in [-0.4, -0.2) is 0 Å². The summed E-state index contributed by atoms with van der Waals surface area (Å²) in [5, 5.41) is 0. The summed E-state index contributed by atoms with van der Waals surface area (Å²) in [4.78, 5) is 0. The highest BCUT2D eigenvalue weighted by molar-refractivity contribution is 9.10. The summed E-state index contributed by atoms with van der Waals surface area (Å²) in [6.07, 6.45) is 0.242. The second-order valence-electron chi connectivity index (χ2n) is 4.33. The van der Waals surface area contributed by atoms with Gasteiger partial charge in [-0.05, 0) is 36.2 Å². The fourth-order valence-electron chi connectivity index (χ4n) is 1.99. The van der Waals surface area contributed by atoms with E-state index in [0.717, 1.165) is 5.56 Å². The number of benzene rings is 2. The van der Waals surface area contributed by atoms with Crippen LogP contribution in [-0.2, 0) is 6.42 Å². The van der Waals surface area contributed by atoms with Crippen molar-refractivity contribution >= 4 is 15.9 Å². The van der Waals surface area contributed by atoms with Crippen molar-refractivity contribution in [3.8, 4) is 0 Å². The molecular weight excluding hydrogens is 333 g/mol. The molecule has 0 aliphatic carbocycles. The smallest absolute Gasteiger partial charge is 0.132 e. The molecule has 0 heterocycles. The monoisotopic (exact) mass is 344 g/mol. The first kappa shape index (κ1) is 15.0. The van der Waals surface area contributed by atoms with Crippen molar-refractivity contribution in [2.75, 3.05) is 0 Å². The molecule has 0 saturated carbocycles. The van der Waals surface area contributed by atoms with Gasteiger partial charge < -0.3 is 0 Å². The summed E-state index contributed by atoms with van der Waals surface area (Å²) in [5.74, 6) is 3.64. The maximum absolute atomic E-state index is 13.9. The molecule has 2 nitrogen and oxygen atoms in total. The first-order chi connectivity index (χ1) is 9.51. The Hall–Kier alpha value is -1.37. The second-order valence-corrected chi connectivity index (χ2v) is 5.25. The Kier molecular flexibility index (Phi) is 4.80. The number of rotatable bonds is 4. The lowest BCUT2D eigenvalue weighted by Gasteiger charge is -2.18. The third-order valence-corrected chi connectivity index (χ3v) is 3.40. The van der Waals surface area contributed by atoms with E-state index >= 15 is 0 Å². The van der Waals surface area contributed by atoms with Crippen molar-refractivity contribution < 1.29 is 13.2 Å². The molecular formula is C14H12BrF3N2. The van der Waals surface area contributed by atoms with Crippen LogP contribution in [0.25, 0.3) is 0 Å². The molecule has 1 unspecified atom stereocenters. The lowest BCUT2D eigenvalue weighted by atomic mass is 9.98. The Morgan fingerprint density at radius 1 is 1.05 bits per heavy atom. The van der Waals surface area contributed by atoms with E-state index in [1.165, 1.54) is 24.3 Å². The number of hydrazine groups is 1. The maximum atomic E-state index is 13.9. The molecule has 106 valence electrons. The van der Waals surface area contributed by atoms with Gasteiger partial charge in [0, 0.05) is 10.0 Å². The standard InChI is InChI=1S/C14H12BrF3N2/c15-9-6-11(17)14(12(18)7-9)13(20-19)5-8-1-3-10(16)4-2-8/h1-4,6-7,13,20H,5,19H2. The Bertz CT molecular complexity index is 579. The first-order valence-corrected chi connectivity index (χ1v) is 6.65. The third kappa shape index (κ3) is 3.39. The molecule has 3 N–H and O–H groups in total. The lowest BCUT2D eigenvalue weighted by molar-refractivity contribution is 0.472. The van der Waals surface area contributed by atoms with Gasteiger partial charge in [-0.1, -0.05) is 28.1 Å². The molecule has 20 heavy (non-hydrogen) atoms. The zero-order valence-electron chi connectivity index (χ0n) is 10.3. The Balaban J connectivity index is 2.31. The van der Waals surface area contributed by atoms with Crippen molar-refractivity contribution in [3.05, 3.63) is 69.4 Å². The number of hydrogen-bond acceptors (Lipinski definition) is 2. The highest BCUT2D eigenvalue weighted by Gasteiger charge is 2.20. The molecule has 0 radical (unpaired) electrons. The fourth-order valence-corrected chi connectivity index (χ4v) is 2.39. The molecule has 0 aliphatic heterocycles. The summed E-state index contributed by atoms with van der Waals surface area (Å²) < 4.78 is 40.9. The highest BCUT2D eigenvalue weighted by atomic mass is 79.9. The Morgan fingerprint density at radius 2 is 1.60 bits per heavy atom. The van der Waals surface area contributed by atoms with Crippen molar-refractivity contribution in [2.45, 2.75) is 12.5 Å². The van der Waals surface area contributed by atoms with Crippen LogP contribution >= 0.6 is 15.9 Å². The number of nitrogens with one attached hydrogen (secondary N) is 1. The minimum absolute atomic E-state index is 0.139. The average molecular weight is 345 g/mol. The highest BCUT2D eigenvalue weighted by Crippen LogP contribution is 2.26. The Morgan fingerprint density at radius 3 is 2.10 bits per heavy atom. The van der Waals surface area contributed by atoms with Crippen LogP contribution in [0.3, 0.4) is 0 Å². The number of nitrogens with two attached hydrogens (primary N) is 1. The van der Waals surface area contributed by atoms with E-state index < -0.39 is 17.7 Å². The van der Waals surface area contributed by atoms with Gasteiger partial charge in [0.25, 0.3) is 0 Å². The van der Waals surface area contributed by atoms with E-state index in [-0.39, 0.29) is 17.8 Å². The minimum Gasteiger partial charge on any atom is -0.271 e. The molecule has 0 amide bonds. The summed E-state index contributed by atoms with van der Waals surface area (Å²) in [5.41, 5.74) is 2.97. The van der Waals surface area contributed by atoms with E-state index in [9.17, 15) is 13.2 Å². The van der Waals surface area contributed by atoms with Crippen LogP contribution in [0.15, 0.2) is 40.9 Å². The van der Waals surface area contributed by atoms with Gasteiger partial charge in [0.2, 0.25) is 0 Å². The zero-order chi connectivity index (χ0) is 14.7. The Labute approximate surface area is 122 Å². The SMILES string of the molecule is NNC(Cc1ccc(F)cc1)c1c(F)cc(Br)cc1F. The lowest BCUT2D eigenvalue weighted by Crippen LogP contribution is -2.31. The molecule has 0 spiro atoms. The molecule has 0 saturated heterocycles. The van der Waals surface area contributed by atoms with E-state index in [0.29, 0.717) is 4.47 Å². The number of halogens is 4. The molecule has 0 bridgehead atoms. The van der Waals surface area contributed by atoms with Crippen LogP contribution in [0.5, 0.6) is 0 Å². The fraction of sp³-hybridized carbons (Fsp3) is 0.143. The second kappa shape index (κ2) is 6.39. The molecule has 2 rings (SSSR count). The molecule has 6 heteroatoms. The molecule has 0 aliphatic rings. The quantitative estimate of drug-likeness (QED) is 0.656. The predicted molar refractivity (Wildman–Crippen MR) is 74.2 cm³/mol. The third-order valence-electron chi connectivity index (χ3n) is 2.95. The molecule has 0 fully saturated rings. The van der Waals surface area contributed by atoms with Gasteiger partial charge in [0.05, 0.1) is 6.04 Å². The van der Waals surface area contributed by atoms with Crippen LogP contribution in [0, 0.1) is 17.5 Å². The van der Waals surface area contributed by atoms with Gasteiger partial charge in [0.1, 0.15) is 17.5 Å². The number of hydrogen-bond donors (Lipinski definition) is 2. The van der Waals surface area contributed by atoms with Gasteiger partial charge in [-0.25, -0.2) is 13.2 Å². The minimum atomic E-state index is -0.742. The summed E-state index contributed by atoms with van der Waals surface area (Å²) in [7, 11) is 0. The summed E-state index contributed by atoms with van der Waals surface area (Å²) in [6, 6.07) is 7.28. The van der Waals surface area contributed by atoms with E-state index in [4.69, 9.17) is 5.84 Å².